The van der Waals surface area contributed by atoms with Crippen LogP contribution < -0.4 is 0 Å². The van der Waals surface area contributed by atoms with Crippen molar-refractivity contribution in [2.45, 2.75) is 32.2 Å². The minimum atomic E-state index is -0.297. The topological polar surface area (TPSA) is 23.6 Å². The molecule has 1 aliphatic heterocycles. The standard InChI is InChI=1S/C17H25FN2O/c1-14-13-19(2)10-4-12-20(14)11-3-5-17(21)15-6-8-16(18)9-7-15/h6-9,14H,3-5,10-13H2,1-2H3. The first kappa shape index (κ1) is 16.1. The zero-order chi connectivity index (χ0) is 15.2. The van der Waals surface area contributed by atoms with E-state index in [2.05, 4.69) is 23.8 Å². The van der Waals surface area contributed by atoms with Crippen molar-refractivity contribution in [3.8, 4) is 0 Å². The molecule has 0 spiro atoms. The fraction of sp³-hybridized carbons (Fsp3) is 0.588. The predicted octanol–water partition coefficient (Wildman–Crippen LogP) is 2.81. The fourth-order valence-corrected chi connectivity index (χ4v) is 2.98. The second-order valence-electron chi connectivity index (χ2n) is 6.03. The number of likely N-dealkylation sites (N-methyl/N-ethyl adjacent to an activating group) is 1. The molecule has 0 aromatic heterocycles. The zero-order valence-corrected chi connectivity index (χ0v) is 13.0. The van der Waals surface area contributed by atoms with Crippen LogP contribution in [0.5, 0.6) is 0 Å². The number of rotatable bonds is 5. The van der Waals surface area contributed by atoms with Crippen LogP contribution in [-0.4, -0.2) is 54.9 Å². The highest BCUT2D eigenvalue weighted by atomic mass is 19.1. The third-order valence-electron chi connectivity index (χ3n) is 4.20. The predicted molar refractivity (Wildman–Crippen MR) is 83.1 cm³/mol. The molecule has 116 valence electrons. The largest absolute Gasteiger partial charge is 0.305 e. The van der Waals surface area contributed by atoms with Crippen molar-refractivity contribution in [2.24, 2.45) is 0 Å². The molecular formula is C17H25FN2O. The van der Waals surface area contributed by atoms with Crippen molar-refractivity contribution in [3.05, 3.63) is 35.6 Å². The van der Waals surface area contributed by atoms with Gasteiger partial charge in [-0.3, -0.25) is 9.69 Å². The number of carbonyl (C=O) groups excluding carboxylic acids is 1. The first-order chi connectivity index (χ1) is 10.1. The summed E-state index contributed by atoms with van der Waals surface area (Å²) < 4.78 is 12.8. The highest BCUT2D eigenvalue weighted by Crippen LogP contribution is 2.12. The Morgan fingerprint density at radius 2 is 2.00 bits per heavy atom. The number of ketones is 1. The second-order valence-corrected chi connectivity index (χ2v) is 6.03. The van der Waals surface area contributed by atoms with Gasteiger partial charge in [0.2, 0.25) is 0 Å². The summed E-state index contributed by atoms with van der Waals surface area (Å²) in [6.07, 6.45) is 2.59. The molecule has 0 bridgehead atoms. The summed E-state index contributed by atoms with van der Waals surface area (Å²) in [4.78, 5) is 16.9. The van der Waals surface area contributed by atoms with E-state index in [-0.39, 0.29) is 11.6 Å². The maximum absolute atomic E-state index is 12.8. The highest BCUT2D eigenvalue weighted by Gasteiger charge is 2.19. The van der Waals surface area contributed by atoms with Crippen LogP contribution in [0.1, 0.15) is 36.5 Å². The number of Topliss-reactive ketones (excluding diaryl/α,β-unsaturated/α-hetero) is 1. The van der Waals surface area contributed by atoms with Gasteiger partial charge in [-0.1, -0.05) is 0 Å². The molecule has 1 saturated heterocycles. The van der Waals surface area contributed by atoms with E-state index in [0.29, 0.717) is 18.0 Å². The number of benzene rings is 1. The molecule has 4 heteroatoms. The quantitative estimate of drug-likeness (QED) is 0.780. The lowest BCUT2D eigenvalue weighted by atomic mass is 10.1. The third-order valence-corrected chi connectivity index (χ3v) is 4.20. The number of hydrogen-bond acceptors (Lipinski definition) is 3. The van der Waals surface area contributed by atoms with Crippen molar-refractivity contribution in [1.29, 1.82) is 0 Å². The van der Waals surface area contributed by atoms with Crippen LogP contribution in [0, 0.1) is 5.82 Å². The summed E-state index contributed by atoms with van der Waals surface area (Å²) in [5, 5.41) is 0. The summed E-state index contributed by atoms with van der Waals surface area (Å²) in [5.74, 6) is -0.191. The first-order valence-electron chi connectivity index (χ1n) is 7.77. The van der Waals surface area contributed by atoms with Crippen LogP contribution in [-0.2, 0) is 0 Å². The van der Waals surface area contributed by atoms with Gasteiger partial charge in [-0.15, -0.1) is 0 Å². The lowest BCUT2D eigenvalue weighted by Gasteiger charge is -2.27. The highest BCUT2D eigenvalue weighted by molar-refractivity contribution is 5.95. The molecule has 21 heavy (non-hydrogen) atoms. The Hall–Kier alpha value is -1.26. The average Bonchev–Trinajstić information content (AvgIpc) is 2.60. The van der Waals surface area contributed by atoms with Gasteiger partial charge in [-0.25, -0.2) is 4.39 Å². The van der Waals surface area contributed by atoms with Crippen molar-refractivity contribution in [3.63, 3.8) is 0 Å². The molecule has 1 atom stereocenters. The van der Waals surface area contributed by atoms with Gasteiger partial charge in [-0.05, 0) is 70.7 Å². The molecule has 1 aromatic carbocycles. The molecule has 0 saturated carbocycles. The summed E-state index contributed by atoms with van der Waals surface area (Å²) in [6, 6.07) is 6.38. The number of carbonyl (C=O) groups is 1. The van der Waals surface area contributed by atoms with E-state index < -0.39 is 0 Å². The molecule has 0 amide bonds. The van der Waals surface area contributed by atoms with Gasteiger partial charge in [-0.2, -0.15) is 0 Å². The van der Waals surface area contributed by atoms with Crippen LogP contribution in [0.4, 0.5) is 4.39 Å². The lowest BCUT2D eigenvalue weighted by molar-refractivity contribution is 0.0971. The minimum absolute atomic E-state index is 0.106. The summed E-state index contributed by atoms with van der Waals surface area (Å²) >= 11 is 0. The molecule has 1 aromatic rings. The van der Waals surface area contributed by atoms with Gasteiger partial charge < -0.3 is 4.90 Å². The maximum atomic E-state index is 12.8. The molecule has 1 heterocycles. The fourth-order valence-electron chi connectivity index (χ4n) is 2.98. The van der Waals surface area contributed by atoms with Crippen LogP contribution in [0.15, 0.2) is 24.3 Å². The number of nitrogens with zero attached hydrogens (tertiary/aromatic N) is 2. The van der Waals surface area contributed by atoms with Gasteiger partial charge in [0.25, 0.3) is 0 Å². The van der Waals surface area contributed by atoms with Crippen molar-refractivity contribution >= 4 is 5.78 Å². The van der Waals surface area contributed by atoms with Crippen LogP contribution in [0.2, 0.25) is 0 Å². The summed E-state index contributed by atoms with van der Waals surface area (Å²) in [5.41, 5.74) is 0.611. The Morgan fingerprint density at radius 1 is 1.29 bits per heavy atom. The maximum Gasteiger partial charge on any atom is 0.162 e. The Labute approximate surface area is 126 Å². The lowest BCUT2D eigenvalue weighted by Crippen LogP contribution is -2.38. The first-order valence-corrected chi connectivity index (χ1v) is 7.77. The third kappa shape index (κ3) is 4.90. The van der Waals surface area contributed by atoms with Crippen LogP contribution in [0.25, 0.3) is 0 Å². The van der Waals surface area contributed by atoms with E-state index in [4.69, 9.17) is 0 Å². The van der Waals surface area contributed by atoms with Crippen molar-refractivity contribution in [2.75, 3.05) is 33.2 Å². The Bertz CT molecular complexity index is 460. The minimum Gasteiger partial charge on any atom is -0.305 e. The molecule has 0 N–H and O–H groups in total. The van der Waals surface area contributed by atoms with Crippen molar-refractivity contribution in [1.82, 2.24) is 9.80 Å². The van der Waals surface area contributed by atoms with E-state index in [9.17, 15) is 9.18 Å². The normalized spacial score (nSPS) is 21.2. The molecule has 1 aliphatic rings. The molecule has 1 fully saturated rings. The second kappa shape index (κ2) is 7.66. The van der Waals surface area contributed by atoms with Gasteiger partial charge in [0.15, 0.2) is 5.78 Å². The summed E-state index contributed by atoms with van der Waals surface area (Å²) in [6.45, 7) is 6.56. The number of hydrogen-bond donors (Lipinski definition) is 0. The van der Waals surface area contributed by atoms with E-state index in [1.54, 1.807) is 12.1 Å². The molecule has 1 unspecified atom stereocenters. The van der Waals surface area contributed by atoms with E-state index >= 15 is 0 Å². The van der Waals surface area contributed by atoms with E-state index in [1.165, 1.54) is 18.6 Å². The monoisotopic (exact) mass is 292 g/mol. The average molecular weight is 292 g/mol. The molecule has 3 nitrogen and oxygen atoms in total. The SMILES string of the molecule is CC1CN(C)CCCN1CCCC(=O)c1ccc(F)cc1. The van der Waals surface area contributed by atoms with Gasteiger partial charge in [0, 0.05) is 24.6 Å². The van der Waals surface area contributed by atoms with Gasteiger partial charge in [0.1, 0.15) is 5.82 Å². The molecular weight excluding hydrogens is 267 g/mol. The Balaban J connectivity index is 1.78. The zero-order valence-electron chi connectivity index (χ0n) is 13.0. The molecule has 0 aliphatic carbocycles. The molecule has 2 rings (SSSR count). The van der Waals surface area contributed by atoms with Crippen LogP contribution in [0.3, 0.4) is 0 Å². The summed E-state index contributed by atoms with van der Waals surface area (Å²) in [7, 11) is 2.16. The van der Waals surface area contributed by atoms with Crippen molar-refractivity contribution < 1.29 is 9.18 Å². The van der Waals surface area contributed by atoms with Crippen LogP contribution >= 0.6 is 0 Å². The Kier molecular flexibility index (Phi) is 5.88. The number of halogens is 1. The van der Waals surface area contributed by atoms with Gasteiger partial charge >= 0.3 is 0 Å². The molecule has 0 radical (unpaired) electrons. The smallest absolute Gasteiger partial charge is 0.162 e. The van der Waals surface area contributed by atoms with E-state index in [1.807, 2.05) is 0 Å². The van der Waals surface area contributed by atoms with Gasteiger partial charge in [0.05, 0.1) is 0 Å². The Morgan fingerprint density at radius 3 is 2.71 bits per heavy atom. The van der Waals surface area contributed by atoms with E-state index in [0.717, 1.165) is 32.6 Å².